The number of nitrogens with two attached hydrogens (primary N) is 1. The van der Waals surface area contributed by atoms with Crippen molar-refractivity contribution in [1.29, 1.82) is 0 Å². The fraction of sp³-hybridized carbons (Fsp3) is 0.889. The Balaban J connectivity index is 3.56. The van der Waals surface area contributed by atoms with Gasteiger partial charge < -0.3 is 10.5 Å². The second-order valence-corrected chi connectivity index (χ2v) is 4.47. The number of hydrogen-bond acceptors (Lipinski definition) is 2. The van der Waals surface area contributed by atoms with Crippen molar-refractivity contribution in [3.8, 4) is 0 Å². The molecule has 0 rings (SSSR count). The van der Waals surface area contributed by atoms with E-state index in [1.807, 2.05) is 13.8 Å². The molecule has 0 unspecified atom stereocenters. The average Bonchev–Trinajstić information content (AvgIpc) is 1.95. The zero-order chi connectivity index (χ0) is 10.3. The molecule has 4 heteroatoms. The molecule has 0 aliphatic carbocycles. The molecule has 0 aromatic rings. The molecule has 2 N–H and O–H groups in total. The number of alkyl halides is 1. The summed E-state index contributed by atoms with van der Waals surface area (Å²) in [7, 11) is 0. The first-order chi connectivity index (χ1) is 5.98. The van der Waals surface area contributed by atoms with E-state index in [2.05, 4.69) is 15.9 Å². The molecule has 0 atom stereocenters. The number of unbranched alkanes of at least 4 members (excludes halogenated alkanes) is 2. The second-order valence-electron chi connectivity index (χ2n) is 3.68. The van der Waals surface area contributed by atoms with Gasteiger partial charge in [0.05, 0.1) is 0 Å². The van der Waals surface area contributed by atoms with E-state index in [4.69, 9.17) is 10.5 Å². The number of carbonyl (C=O) groups is 1. The number of carbonyl (C=O) groups excluding carboxylic acids is 1. The van der Waals surface area contributed by atoms with Crippen molar-refractivity contribution in [2.75, 3.05) is 5.33 Å². The SMILES string of the molecule is CC(C)(CCCCCBr)OC(N)=O. The standard InChI is InChI=1S/C9H18BrNO2/c1-9(2,13-8(11)12)6-4-3-5-7-10/h3-7H2,1-2H3,(H2,11,12). The van der Waals surface area contributed by atoms with E-state index >= 15 is 0 Å². The third-order valence-electron chi connectivity index (χ3n) is 1.79. The molecular weight excluding hydrogens is 234 g/mol. The Labute approximate surface area is 88.1 Å². The molecule has 13 heavy (non-hydrogen) atoms. The van der Waals surface area contributed by atoms with Crippen LogP contribution in [-0.4, -0.2) is 17.0 Å². The summed E-state index contributed by atoms with van der Waals surface area (Å²) in [6, 6.07) is 0. The predicted octanol–water partition coefficient (Wildman–Crippen LogP) is 2.82. The van der Waals surface area contributed by atoms with Gasteiger partial charge in [0.2, 0.25) is 0 Å². The number of primary amides is 1. The van der Waals surface area contributed by atoms with Gasteiger partial charge in [-0.1, -0.05) is 22.4 Å². The molecular formula is C9H18BrNO2. The highest BCUT2D eigenvalue weighted by molar-refractivity contribution is 9.09. The van der Waals surface area contributed by atoms with E-state index in [1.54, 1.807) is 0 Å². The monoisotopic (exact) mass is 251 g/mol. The lowest BCUT2D eigenvalue weighted by atomic mass is 10.0. The smallest absolute Gasteiger partial charge is 0.405 e. The molecule has 0 aromatic heterocycles. The summed E-state index contributed by atoms with van der Waals surface area (Å²) < 4.78 is 4.95. The summed E-state index contributed by atoms with van der Waals surface area (Å²) in [6.45, 7) is 3.76. The summed E-state index contributed by atoms with van der Waals surface area (Å²) in [6.07, 6.45) is 3.55. The minimum absolute atomic E-state index is 0.419. The number of ether oxygens (including phenoxy) is 1. The van der Waals surface area contributed by atoms with Gasteiger partial charge in [0, 0.05) is 5.33 Å². The normalized spacial score (nSPS) is 11.3. The topological polar surface area (TPSA) is 52.3 Å². The van der Waals surface area contributed by atoms with Crippen LogP contribution in [0, 0.1) is 0 Å². The van der Waals surface area contributed by atoms with Crippen LogP contribution < -0.4 is 5.73 Å². The zero-order valence-electron chi connectivity index (χ0n) is 8.31. The lowest BCUT2D eigenvalue weighted by molar-refractivity contribution is 0.0373. The molecule has 0 saturated carbocycles. The van der Waals surface area contributed by atoms with Crippen LogP contribution in [0.25, 0.3) is 0 Å². The van der Waals surface area contributed by atoms with Crippen LogP contribution >= 0.6 is 15.9 Å². The molecule has 1 amide bonds. The van der Waals surface area contributed by atoms with Crippen LogP contribution in [-0.2, 0) is 4.74 Å². The molecule has 0 heterocycles. The Morgan fingerprint density at radius 2 is 2.00 bits per heavy atom. The molecule has 0 spiro atoms. The lowest BCUT2D eigenvalue weighted by Crippen LogP contribution is -2.30. The van der Waals surface area contributed by atoms with Crippen LogP contribution in [0.2, 0.25) is 0 Å². The van der Waals surface area contributed by atoms with Gasteiger partial charge in [-0.2, -0.15) is 0 Å². The Kier molecular flexibility index (Phi) is 6.12. The summed E-state index contributed by atoms with van der Waals surface area (Å²) in [5.41, 5.74) is 4.52. The van der Waals surface area contributed by atoms with E-state index in [9.17, 15) is 4.79 Å². The maximum absolute atomic E-state index is 10.5. The van der Waals surface area contributed by atoms with E-state index in [1.165, 1.54) is 0 Å². The fourth-order valence-electron chi connectivity index (χ4n) is 1.15. The highest BCUT2D eigenvalue weighted by Gasteiger charge is 2.20. The first-order valence-corrected chi connectivity index (χ1v) is 5.64. The minimum atomic E-state index is -0.689. The van der Waals surface area contributed by atoms with Crippen LogP contribution in [0.1, 0.15) is 39.5 Å². The molecule has 3 nitrogen and oxygen atoms in total. The van der Waals surface area contributed by atoms with Crippen molar-refractivity contribution in [2.24, 2.45) is 5.73 Å². The highest BCUT2D eigenvalue weighted by Crippen LogP contribution is 2.18. The van der Waals surface area contributed by atoms with Crippen molar-refractivity contribution in [2.45, 2.75) is 45.1 Å². The molecule has 0 aliphatic rings. The lowest BCUT2D eigenvalue weighted by Gasteiger charge is -2.23. The maximum Gasteiger partial charge on any atom is 0.405 e. The summed E-state index contributed by atoms with van der Waals surface area (Å²) in [5.74, 6) is 0. The predicted molar refractivity (Wildman–Crippen MR) is 57.0 cm³/mol. The third kappa shape index (κ3) is 8.09. The number of halogens is 1. The Morgan fingerprint density at radius 1 is 1.38 bits per heavy atom. The van der Waals surface area contributed by atoms with E-state index in [0.29, 0.717) is 0 Å². The van der Waals surface area contributed by atoms with Gasteiger partial charge in [-0.15, -0.1) is 0 Å². The second kappa shape index (κ2) is 6.24. The highest BCUT2D eigenvalue weighted by atomic mass is 79.9. The van der Waals surface area contributed by atoms with Crippen molar-refractivity contribution < 1.29 is 9.53 Å². The van der Waals surface area contributed by atoms with E-state index < -0.39 is 11.7 Å². The summed E-state index contributed by atoms with van der Waals surface area (Å²) in [5, 5.41) is 1.03. The van der Waals surface area contributed by atoms with Crippen molar-refractivity contribution in [3.05, 3.63) is 0 Å². The van der Waals surface area contributed by atoms with Crippen LogP contribution in [0.3, 0.4) is 0 Å². The fourth-order valence-corrected chi connectivity index (χ4v) is 1.54. The molecule has 0 radical (unpaired) electrons. The minimum Gasteiger partial charge on any atom is -0.444 e. The van der Waals surface area contributed by atoms with Gasteiger partial charge in [0.25, 0.3) is 0 Å². The average molecular weight is 252 g/mol. The van der Waals surface area contributed by atoms with Gasteiger partial charge in [0.1, 0.15) is 5.60 Å². The third-order valence-corrected chi connectivity index (χ3v) is 2.35. The van der Waals surface area contributed by atoms with Crippen LogP contribution in [0.4, 0.5) is 4.79 Å². The molecule has 0 saturated heterocycles. The number of rotatable bonds is 6. The largest absolute Gasteiger partial charge is 0.444 e. The van der Waals surface area contributed by atoms with Crippen molar-refractivity contribution >= 4 is 22.0 Å². The van der Waals surface area contributed by atoms with E-state index in [-0.39, 0.29) is 0 Å². The maximum atomic E-state index is 10.5. The van der Waals surface area contributed by atoms with E-state index in [0.717, 1.165) is 31.0 Å². The first kappa shape index (κ1) is 12.8. The molecule has 0 aromatic carbocycles. The molecule has 0 bridgehead atoms. The Bertz CT molecular complexity index is 160. The Hall–Kier alpha value is -0.250. The van der Waals surface area contributed by atoms with Gasteiger partial charge in [-0.3, -0.25) is 0 Å². The zero-order valence-corrected chi connectivity index (χ0v) is 9.89. The van der Waals surface area contributed by atoms with Gasteiger partial charge in [-0.25, -0.2) is 4.79 Å². The van der Waals surface area contributed by atoms with Crippen molar-refractivity contribution in [1.82, 2.24) is 0 Å². The summed E-state index contributed by atoms with van der Waals surface area (Å²) in [4.78, 5) is 10.5. The van der Waals surface area contributed by atoms with Crippen molar-refractivity contribution in [3.63, 3.8) is 0 Å². The van der Waals surface area contributed by atoms with Gasteiger partial charge in [0.15, 0.2) is 0 Å². The van der Waals surface area contributed by atoms with Gasteiger partial charge >= 0.3 is 6.09 Å². The quantitative estimate of drug-likeness (QED) is 0.583. The summed E-state index contributed by atoms with van der Waals surface area (Å²) >= 11 is 3.36. The van der Waals surface area contributed by atoms with Crippen LogP contribution in [0.15, 0.2) is 0 Å². The molecule has 78 valence electrons. The van der Waals surface area contributed by atoms with Gasteiger partial charge in [-0.05, 0) is 33.1 Å². The molecule has 0 fully saturated rings. The molecule has 0 aliphatic heterocycles. The Morgan fingerprint density at radius 3 is 2.46 bits per heavy atom. The number of hydrogen-bond donors (Lipinski definition) is 1. The number of amides is 1. The first-order valence-electron chi connectivity index (χ1n) is 4.52. The van der Waals surface area contributed by atoms with Crippen LogP contribution in [0.5, 0.6) is 0 Å².